The highest BCUT2D eigenvalue weighted by atomic mass is 14.7. The van der Waals surface area contributed by atoms with E-state index in [4.69, 9.17) is 5.73 Å². The molecule has 0 spiro atoms. The van der Waals surface area contributed by atoms with Gasteiger partial charge in [-0.05, 0) is 43.7 Å². The van der Waals surface area contributed by atoms with Crippen molar-refractivity contribution in [1.29, 1.82) is 0 Å². The van der Waals surface area contributed by atoms with Gasteiger partial charge in [0.1, 0.15) is 0 Å². The predicted octanol–water partition coefficient (Wildman–Crippen LogP) is 3.68. The van der Waals surface area contributed by atoms with Gasteiger partial charge in [-0.25, -0.2) is 0 Å². The fourth-order valence-electron chi connectivity index (χ4n) is 2.88. The van der Waals surface area contributed by atoms with Crippen LogP contribution in [0, 0.1) is 13.8 Å². The Morgan fingerprint density at radius 1 is 1.06 bits per heavy atom. The van der Waals surface area contributed by atoms with Crippen molar-refractivity contribution in [2.75, 3.05) is 0 Å². The van der Waals surface area contributed by atoms with Crippen molar-refractivity contribution in [1.82, 2.24) is 0 Å². The van der Waals surface area contributed by atoms with Gasteiger partial charge in [0.2, 0.25) is 0 Å². The smallest absolute Gasteiger partial charge is 0.0108 e. The first kappa shape index (κ1) is 11.7. The molecule has 1 saturated carbocycles. The summed E-state index contributed by atoms with van der Waals surface area (Å²) in [6, 6.07) is 7.14. The second-order valence-corrected chi connectivity index (χ2v) is 5.27. The van der Waals surface area contributed by atoms with Gasteiger partial charge >= 0.3 is 0 Å². The number of aryl methyl sites for hydroxylation is 2. The highest BCUT2D eigenvalue weighted by Gasteiger charge is 2.23. The molecule has 1 heteroatoms. The standard InChI is InChI=1S/C15H23N/c1-11-8-9-12(2)14(10-11)13-6-4-3-5-7-15(13)16/h8-10,13,15H,3-7,16H2,1-2H3. The molecule has 2 rings (SSSR count). The number of nitrogens with two attached hydrogens (primary N) is 1. The SMILES string of the molecule is Cc1ccc(C)c(C2CCCCCC2N)c1. The summed E-state index contributed by atoms with van der Waals surface area (Å²) in [5.41, 5.74) is 10.6. The minimum atomic E-state index is 0.364. The van der Waals surface area contributed by atoms with Crippen LogP contribution in [-0.4, -0.2) is 6.04 Å². The Morgan fingerprint density at radius 3 is 2.62 bits per heavy atom. The molecule has 2 N–H and O–H groups in total. The van der Waals surface area contributed by atoms with Gasteiger partial charge in [-0.3, -0.25) is 0 Å². The van der Waals surface area contributed by atoms with E-state index < -0.39 is 0 Å². The Hall–Kier alpha value is -0.820. The number of benzene rings is 1. The molecule has 0 bridgehead atoms. The highest BCUT2D eigenvalue weighted by molar-refractivity contribution is 5.34. The molecule has 0 saturated heterocycles. The first-order valence-corrected chi connectivity index (χ1v) is 6.51. The van der Waals surface area contributed by atoms with Crippen molar-refractivity contribution in [3.63, 3.8) is 0 Å². The fraction of sp³-hybridized carbons (Fsp3) is 0.600. The van der Waals surface area contributed by atoms with Gasteiger partial charge in [-0.2, -0.15) is 0 Å². The van der Waals surface area contributed by atoms with Crippen LogP contribution in [0.5, 0.6) is 0 Å². The van der Waals surface area contributed by atoms with Crippen molar-refractivity contribution >= 4 is 0 Å². The van der Waals surface area contributed by atoms with Gasteiger partial charge in [-0.1, -0.05) is 43.0 Å². The molecule has 2 atom stereocenters. The fourth-order valence-corrected chi connectivity index (χ4v) is 2.88. The van der Waals surface area contributed by atoms with E-state index in [-0.39, 0.29) is 0 Å². The maximum Gasteiger partial charge on any atom is 0.0108 e. The number of hydrogen-bond acceptors (Lipinski definition) is 1. The van der Waals surface area contributed by atoms with E-state index in [1.54, 1.807) is 0 Å². The third-order valence-electron chi connectivity index (χ3n) is 3.90. The molecule has 88 valence electrons. The maximum atomic E-state index is 6.33. The molecule has 1 aromatic carbocycles. The summed E-state index contributed by atoms with van der Waals surface area (Å²) in [6.45, 7) is 4.39. The van der Waals surface area contributed by atoms with Gasteiger partial charge in [0.05, 0.1) is 0 Å². The summed E-state index contributed by atoms with van der Waals surface area (Å²) in [5.74, 6) is 0.586. The van der Waals surface area contributed by atoms with Gasteiger partial charge in [0, 0.05) is 6.04 Å². The largest absolute Gasteiger partial charge is 0.327 e. The lowest BCUT2D eigenvalue weighted by atomic mass is 9.85. The molecule has 0 aromatic heterocycles. The molecular formula is C15H23N. The van der Waals surface area contributed by atoms with Crippen LogP contribution in [0.1, 0.15) is 54.7 Å². The van der Waals surface area contributed by atoms with Crippen LogP contribution in [0.25, 0.3) is 0 Å². The van der Waals surface area contributed by atoms with Crippen LogP contribution < -0.4 is 5.73 Å². The monoisotopic (exact) mass is 217 g/mol. The summed E-state index contributed by atoms with van der Waals surface area (Å²) in [6.07, 6.45) is 6.47. The Labute approximate surface area is 99.0 Å². The Bertz CT molecular complexity index is 356. The van der Waals surface area contributed by atoms with Gasteiger partial charge < -0.3 is 5.73 Å². The lowest BCUT2D eigenvalue weighted by molar-refractivity contribution is 0.503. The van der Waals surface area contributed by atoms with Crippen LogP contribution >= 0.6 is 0 Å². The quantitative estimate of drug-likeness (QED) is 0.713. The zero-order valence-electron chi connectivity index (χ0n) is 10.5. The normalized spacial score (nSPS) is 26.4. The Kier molecular flexibility index (Phi) is 3.65. The maximum absolute atomic E-state index is 6.33. The summed E-state index contributed by atoms with van der Waals surface area (Å²) in [7, 11) is 0. The minimum Gasteiger partial charge on any atom is -0.327 e. The van der Waals surface area contributed by atoms with Crippen molar-refractivity contribution in [2.45, 2.75) is 57.9 Å². The molecule has 2 unspecified atom stereocenters. The highest BCUT2D eigenvalue weighted by Crippen LogP contribution is 2.33. The van der Waals surface area contributed by atoms with Crippen LogP contribution in [0.3, 0.4) is 0 Å². The van der Waals surface area contributed by atoms with E-state index in [1.807, 2.05) is 0 Å². The zero-order chi connectivity index (χ0) is 11.5. The summed E-state index contributed by atoms with van der Waals surface area (Å²) in [4.78, 5) is 0. The molecule has 0 aliphatic heterocycles. The van der Waals surface area contributed by atoms with Crippen molar-refractivity contribution in [3.05, 3.63) is 34.9 Å². The topological polar surface area (TPSA) is 26.0 Å². The van der Waals surface area contributed by atoms with E-state index >= 15 is 0 Å². The van der Waals surface area contributed by atoms with E-state index in [9.17, 15) is 0 Å². The molecule has 16 heavy (non-hydrogen) atoms. The molecule has 0 heterocycles. The van der Waals surface area contributed by atoms with Gasteiger partial charge in [-0.15, -0.1) is 0 Å². The van der Waals surface area contributed by atoms with E-state index in [2.05, 4.69) is 32.0 Å². The van der Waals surface area contributed by atoms with Crippen molar-refractivity contribution in [3.8, 4) is 0 Å². The third-order valence-corrected chi connectivity index (χ3v) is 3.90. The average molecular weight is 217 g/mol. The second kappa shape index (κ2) is 5.01. The second-order valence-electron chi connectivity index (χ2n) is 5.27. The lowest BCUT2D eigenvalue weighted by Crippen LogP contribution is -2.27. The molecule has 1 aliphatic rings. The molecular weight excluding hydrogens is 194 g/mol. The minimum absolute atomic E-state index is 0.364. The molecule has 1 aromatic rings. The zero-order valence-corrected chi connectivity index (χ0v) is 10.5. The molecule has 0 amide bonds. The predicted molar refractivity (Wildman–Crippen MR) is 69.7 cm³/mol. The lowest BCUT2D eigenvalue weighted by Gasteiger charge is -2.24. The van der Waals surface area contributed by atoms with Crippen LogP contribution in [0.2, 0.25) is 0 Å². The molecule has 1 aliphatic carbocycles. The summed E-state index contributed by atoms with van der Waals surface area (Å²) in [5, 5.41) is 0. The van der Waals surface area contributed by atoms with Crippen LogP contribution in [-0.2, 0) is 0 Å². The number of rotatable bonds is 1. The molecule has 1 nitrogen and oxygen atoms in total. The average Bonchev–Trinajstić information content (AvgIpc) is 2.47. The van der Waals surface area contributed by atoms with Gasteiger partial charge in [0.25, 0.3) is 0 Å². The van der Waals surface area contributed by atoms with E-state index in [0.29, 0.717) is 12.0 Å². The summed E-state index contributed by atoms with van der Waals surface area (Å²) >= 11 is 0. The van der Waals surface area contributed by atoms with Crippen molar-refractivity contribution in [2.24, 2.45) is 5.73 Å². The first-order valence-electron chi connectivity index (χ1n) is 6.51. The van der Waals surface area contributed by atoms with Crippen molar-refractivity contribution < 1.29 is 0 Å². The van der Waals surface area contributed by atoms with Crippen LogP contribution in [0.15, 0.2) is 18.2 Å². The third kappa shape index (κ3) is 2.46. The van der Waals surface area contributed by atoms with Crippen LogP contribution in [0.4, 0.5) is 0 Å². The van der Waals surface area contributed by atoms with E-state index in [0.717, 1.165) is 0 Å². The molecule has 1 fully saturated rings. The summed E-state index contributed by atoms with van der Waals surface area (Å²) < 4.78 is 0. The number of hydrogen-bond donors (Lipinski definition) is 1. The Morgan fingerprint density at radius 2 is 1.81 bits per heavy atom. The first-order chi connectivity index (χ1) is 7.68. The molecule has 0 radical (unpaired) electrons. The van der Waals surface area contributed by atoms with E-state index in [1.165, 1.54) is 48.8 Å². The van der Waals surface area contributed by atoms with Gasteiger partial charge in [0.15, 0.2) is 0 Å². The Balaban J connectivity index is 2.29.